The van der Waals surface area contributed by atoms with E-state index in [1.165, 1.54) is 10.4 Å². The standard InChI is InChI=1S/C12H16Cl2N2O2S/c1-6-7(13)5-8(10(17)9(6)14)15-11(18)16(19)12(2,3)4/h5,17,19H,1-4H3,(H,15,18). The van der Waals surface area contributed by atoms with Crippen LogP contribution in [-0.4, -0.2) is 21.0 Å². The van der Waals surface area contributed by atoms with Gasteiger partial charge in [0.1, 0.15) is 0 Å². The molecule has 0 saturated heterocycles. The fraction of sp³-hybridized carbons (Fsp3) is 0.417. The van der Waals surface area contributed by atoms with Crippen molar-refractivity contribution in [2.75, 3.05) is 5.32 Å². The lowest BCUT2D eigenvalue weighted by Gasteiger charge is -2.30. The van der Waals surface area contributed by atoms with Crippen molar-refractivity contribution in [3.63, 3.8) is 0 Å². The molecule has 0 atom stereocenters. The van der Waals surface area contributed by atoms with Crippen molar-refractivity contribution >= 4 is 47.7 Å². The number of carbonyl (C=O) groups excluding carboxylic acids is 1. The van der Waals surface area contributed by atoms with Gasteiger partial charge in [0.25, 0.3) is 0 Å². The van der Waals surface area contributed by atoms with Gasteiger partial charge in [-0.25, -0.2) is 4.79 Å². The smallest absolute Gasteiger partial charge is 0.332 e. The van der Waals surface area contributed by atoms with Gasteiger partial charge in [0.05, 0.1) is 10.7 Å². The molecule has 1 aromatic rings. The van der Waals surface area contributed by atoms with E-state index >= 15 is 0 Å². The summed E-state index contributed by atoms with van der Waals surface area (Å²) < 4.78 is 1.22. The van der Waals surface area contributed by atoms with Crippen LogP contribution in [0, 0.1) is 6.92 Å². The third-order valence-electron chi connectivity index (χ3n) is 2.49. The number of rotatable bonds is 1. The van der Waals surface area contributed by atoms with Crippen molar-refractivity contribution < 1.29 is 9.90 Å². The lowest BCUT2D eigenvalue weighted by molar-refractivity contribution is 0.216. The van der Waals surface area contributed by atoms with Crippen molar-refractivity contribution in [3.05, 3.63) is 21.7 Å². The maximum absolute atomic E-state index is 12.0. The summed E-state index contributed by atoms with van der Waals surface area (Å²) in [6.07, 6.45) is 0. The number of benzene rings is 1. The SMILES string of the molecule is Cc1c(Cl)cc(NC(=O)N(S)C(C)(C)C)c(O)c1Cl. The highest BCUT2D eigenvalue weighted by atomic mass is 35.5. The van der Waals surface area contributed by atoms with Crippen LogP contribution in [0.3, 0.4) is 0 Å². The maximum atomic E-state index is 12.0. The highest BCUT2D eigenvalue weighted by molar-refractivity contribution is 7.78. The average molecular weight is 323 g/mol. The van der Waals surface area contributed by atoms with Gasteiger partial charge in [-0.05, 0) is 39.3 Å². The number of nitrogens with one attached hydrogen (secondary N) is 1. The number of amides is 2. The topological polar surface area (TPSA) is 52.6 Å². The van der Waals surface area contributed by atoms with E-state index in [1.54, 1.807) is 6.92 Å². The molecule has 1 aromatic carbocycles. The minimum absolute atomic E-state index is 0.115. The number of aromatic hydroxyl groups is 1. The molecule has 106 valence electrons. The van der Waals surface area contributed by atoms with E-state index in [-0.39, 0.29) is 16.5 Å². The molecule has 0 radical (unpaired) electrons. The highest BCUT2D eigenvalue weighted by Gasteiger charge is 2.25. The van der Waals surface area contributed by atoms with E-state index < -0.39 is 11.6 Å². The summed E-state index contributed by atoms with van der Waals surface area (Å²) in [6.45, 7) is 7.16. The van der Waals surface area contributed by atoms with Crippen molar-refractivity contribution in [3.8, 4) is 5.75 Å². The van der Waals surface area contributed by atoms with Gasteiger partial charge in [-0.1, -0.05) is 36.0 Å². The average Bonchev–Trinajstić information content (AvgIpc) is 2.31. The number of nitrogens with zero attached hydrogens (tertiary/aromatic N) is 1. The van der Waals surface area contributed by atoms with Gasteiger partial charge < -0.3 is 10.4 Å². The van der Waals surface area contributed by atoms with Crippen molar-refractivity contribution in [1.29, 1.82) is 0 Å². The number of hydrogen-bond acceptors (Lipinski definition) is 3. The van der Waals surface area contributed by atoms with Crippen molar-refractivity contribution in [2.45, 2.75) is 33.2 Å². The number of phenols is 1. The summed E-state index contributed by atoms with van der Waals surface area (Å²) in [6, 6.07) is 0.961. The summed E-state index contributed by atoms with van der Waals surface area (Å²) in [5.74, 6) is -0.215. The molecule has 7 heteroatoms. The van der Waals surface area contributed by atoms with E-state index in [9.17, 15) is 9.90 Å². The number of anilines is 1. The number of hydrogen-bond donors (Lipinski definition) is 3. The van der Waals surface area contributed by atoms with Gasteiger partial charge in [0.15, 0.2) is 5.75 Å². The molecule has 2 amide bonds. The Morgan fingerprint density at radius 1 is 1.42 bits per heavy atom. The Balaban J connectivity index is 3.05. The second-order valence-corrected chi connectivity index (χ2v) is 6.29. The van der Waals surface area contributed by atoms with E-state index in [2.05, 4.69) is 18.1 Å². The zero-order valence-electron chi connectivity index (χ0n) is 11.1. The van der Waals surface area contributed by atoms with Gasteiger partial charge in [-0.15, -0.1) is 0 Å². The van der Waals surface area contributed by atoms with E-state index in [0.717, 1.165) is 0 Å². The lowest BCUT2D eigenvalue weighted by atomic mass is 10.1. The minimum Gasteiger partial charge on any atom is -0.504 e. The number of halogens is 2. The predicted molar refractivity (Wildman–Crippen MR) is 82.5 cm³/mol. The summed E-state index contributed by atoms with van der Waals surface area (Å²) in [4.78, 5) is 12.0. The van der Waals surface area contributed by atoms with E-state index in [4.69, 9.17) is 23.2 Å². The molecule has 0 fully saturated rings. The number of carbonyl (C=O) groups is 1. The Labute approximate surface area is 128 Å². The van der Waals surface area contributed by atoms with Gasteiger partial charge in [0, 0.05) is 10.6 Å². The molecule has 4 nitrogen and oxygen atoms in total. The molecule has 0 aliphatic rings. The summed E-state index contributed by atoms with van der Waals surface area (Å²) in [5, 5.41) is 12.9. The summed E-state index contributed by atoms with van der Waals surface area (Å²) in [5.41, 5.74) is 0.229. The number of urea groups is 1. The molecular weight excluding hydrogens is 307 g/mol. The van der Waals surface area contributed by atoms with Crippen LogP contribution < -0.4 is 5.32 Å². The summed E-state index contributed by atoms with van der Waals surface area (Å²) >= 11 is 16.0. The molecule has 0 unspecified atom stereocenters. The summed E-state index contributed by atoms with van der Waals surface area (Å²) in [7, 11) is 0. The van der Waals surface area contributed by atoms with Crippen LogP contribution in [0.2, 0.25) is 10.0 Å². The highest BCUT2D eigenvalue weighted by Crippen LogP contribution is 2.39. The molecule has 0 aromatic heterocycles. The third-order valence-corrected chi connectivity index (χ3v) is 4.13. The van der Waals surface area contributed by atoms with Crippen LogP contribution in [0.1, 0.15) is 26.3 Å². The van der Waals surface area contributed by atoms with Gasteiger partial charge >= 0.3 is 6.03 Å². The second-order valence-electron chi connectivity index (χ2n) is 5.11. The van der Waals surface area contributed by atoms with E-state index in [1.807, 2.05) is 20.8 Å². The molecular formula is C12H16Cl2N2O2S. The van der Waals surface area contributed by atoms with Crippen LogP contribution in [0.5, 0.6) is 5.75 Å². The maximum Gasteiger partial charge on any atom is 0.332 e. The molecule has 19 heavy (non-hydrogen) atoms. The Hall–Kier alpha value is -0.780. The van der Waals surface area contributed by atoms with Gasteiger partial charge in [-0.3, -0.25) is 4.31 Å². The predicted octanol–water partition coefficient (Wildman–Crippen LogP) is 4.48. The first-order valence-corrected chi connectivity index (χ1v) is 6.69. The Kier molecular flexibility index (Phi) is 4.87. The van der Waals surface area contributed by atoms with Crippen LogP contribution in [-0.2, 0) is 0 Å². The molecule has 1 rings (SSSR count). The number of phenolic OH excluding ortho intramolecular Hbond substituents is 1. The molecule has 0 saturated carbocycles. The molecule has 2 N–H and O–H groups in total. The largest absolute Gasteiger partial charge is 0.504 e. The Bertz CT molecular complexity index is 515. The van der Waals surface area contributed by atoms with Crippen LogP contribution in [0.25, 0.3) is 0 Å². The zero-order valence-corrected chi connectivity index (χ0v) is 13.5. The zero-order chi connectivity index (χ0) is 15.0. The van der Waals surface area contributed by atoms with Crippen LogP contribution >= 0.6 is 36.0 Å². The van der Waals surface area contributed by atoms with Gasteiger partial charge in [-0.2, -0.15) is 0 Å². The van der Waals surface area contributed by atoms with Crippen LogP contribution in [0.4, 0.5) is 10.5 Å². The van der Waals surface area contributed by atoms with Crippen molar-refractivity contribution in [2.24, 2.45) is 0 Å². The first-order chi connectivity index (χ1) is 8.55. The minimum atomic E-state index is -0.484. The Morgan fingerprint density at radius 2 is 1.95 bits per heavy atom. The lowest BCUT2D eigenvalue weighted by Crippen LogP contribution is -2.41. The van der Waals surface area contributed by atoms with Gasteiger partial charge in [0.2, 0.25) is 0 Å². The molecule has 0 heterocycles. The molecule has 0 aliphatic heterocycles. The monoisotopic (exact) mass is 322 g/mol. The van der Waals surface area contributed by atoms with Crippen LogP contribution in [0.15, 0.2) is 6.07 Å². The van der Waals surface area contributed by atoms with E-state index in [0.29, 0.717) is 10.6 Å². The molecule has 0 aliphatic carbocycles. The second kappa shape index (κ2) is 5.69. The first kappa shape index (κ1) is 16.3. The normalized spacial score (nSPS) is 11.3. The molecule has 0 bridgehead atoms. The third kappa shape index (κ3) is 3.61. The van der Waals surface area contributed by atoms with Crippen molar-refractivity contribution in [1.82, 2.24) is 4.31 Å². The Morgan fingerprint density at radius 3 is 2.42 bits per heavy atom. The first-order valence-electron chi connectivity index (χ1n) is 5.53. The quantitative estimate of drug-likeness (QED) is 0.527. The molecule has 0 spiro atoms. The fourth-order valence-electron chi connectivity index (χ4n) is 1.27. The number of thiol groups is 1. The fourth-order valence-corrected chi connectivity index (χ4v) is 1.78.